The Bertz CT molecular complexity index is 417. The number of amides is 1. The molecule has 3 heterocycles. The fraction of sp³-hybridized carbons (Fsp3) is 0.933. The first kappa shape index (κ1) is 17.0. The molecule has 132 valence electrons. The second-order valence-electron chi connectivity index (χ2n) is 6.89. The van der Waals surface area contributed by atoms with Crippen LogP contribution in [0.2, 0.25) is 0 Å². The van der Waals surface area contributed by atoms with Gasteiger partial charge in [-0.05, 0) is 31.7 Å². The van der Waals surface area contributed by atoms with Gasteiger partial charge in [-0.25, -0.2) is 0 Å². The summed E-state index contributed by atoms with van der Waals surface area (Å²) < 4.78 is 40.0. The molecule has 3 saturated heterocycles. The molecule has 1 aliphatic carbocycles. The zero-order valence-corrected chi connectivity index (χ0v) is 13.2. The van der Waals surface area contributed by atoms with E-state index in [1.165, 1.54) is 4.90 Å². The minimum absolute atomic E-state index is 0.128. The number of hydrogen-bond acceptors (Lipinski definition) is 4. The lowest BCUT2D eigenvalue weighted by Crippen LogP contribution is -2.59. The first-order valence-electron chi connectivity index (χ1n) is 8.47. The van der Waals surface area contributed by atoms with Gasteiger partial charge in [0.15, 0.2) is 0 Å². The highest BCUT2D eigenvalue weighted by atomic mass is 19.4. The van der Waals surface area contributed by atoms with Crippen molar-refractivity contribution in [1.82, 2.24) is 20.9 Å². The van der Waals surface area contributed by atoms with E-state index in [-0.39, 0.29) is 24.4 Å². The zero-order chi connectivity index (χ0) is 16.4. The van der Waals surface area contributed by atoms with Gasteiger partial charge in [-0.1, -0.05) is 0 Å². The maximum absolute atomic E-state index is 13.3. The highest BCUT2D eigenvalue weighted by Gasteiger charge is 2.45. The van der Waals surface area contributed by atoms with Gasteiger partial charge in [0.05, 0.1) is 5.92 Å². The molecule has 0 radical (unpaired) electrons. The van der Waals surface area contributed by atoms with E-state index in [4.69, 9.17) is 0 Å². The van der Waals surface area contributed by atoms with Crippen LogP contribution in [-0.2, 0) is 4.79 Å². The quantitative estimate of drug-likeness (QED) is 0.693. The number of carbonyl (C=O) groups excluding carboxylic acids is 1. The normalized spacial score (nSPS) is 33.4. The number of alkyl halides is 3. The largest absolute Gasteiger partial charge is 0.405 e. The third kappa shape index (κ3) is 3.97. The number of carbonyl (C=O) groups is 1. The molecule has 8 heteroatoms. The van der Waals surface area contributed by atoms with Crippen LogP contribution in [0.1, 0.15) is 19.3 Å². The first-order valence-corrected chi connectivity index (χ1v) is 8.47. The maximum atomic E-state index is 13.3. The molecule has 5 nitrogen and oxygen atoms in total. The van der Waals surface area contributed by atoms with E-state index in [9.17, 15) is 18.0 Å². The summed E-state index contributed by atoms with van der Waals surface area (Å²) in [6, 6.07) is -1.47. The van der Waals surface area contributed by atoms with Crippen molar-refractivity contribution < 1.29 is 18.0 Å². The molecular weight excluding hydrogens is 309 g/mol. The molecule has 3 aliphatic heterocycles. The maximum Gasteiger partial charge on any atom is 0.405 e. The van der Waals surface area contributed by atoms with E-state index in [1.807, 2.05) is 0 Å². The number of fused-ring (bicyclic) bond motifs is 3. The molecule has 0 spiro atoms. The van der Waals surface area contributed by atoms with E-state index in [2.05, 4.69) is 16.0 Å². The van der Waals surface area contributed by atoms with Crippen LogP contribution in [0.15, 0.2) is 0 Å². The molecule has 4 rings (SSSR count). The zero-order valence-electron chi connectivity index (χ0n) is 13.2. The Hall–Kier alpha value is -0.860. The summed E-state index contributed by atoms with van der Waals surface area (Å²) in [6.07, 6.45) is -1.46. The summed E-state index contributed by atoms with van der Waals surface area (Å²) in [7, 11) is 0. The smallest absolute Gasteiger partial charge is 0.354 e. The molecule has 0 aromatic rings. The molecule has 3 N–H and O–H groups in total. The summed E-state index contributed by atoms with van der Waals surface area (Å²) in [6.45, 7) is 2.40. The van der Waals surface area contributed by atoms with Crippen LogP contribution in [0.3, 0.4) is 0 Å². The van der Waals surface area contributed by atoms with Crippen molar-refractivity contribution in [1.29, 1.82) is 0 Å². The number of nitrogens with one attached hydrogen (secondary N) is 3. The van der Waals surface area contributed by atoms with Crippen molar-refractivity contribution in [3.63, 3.8) is 0 Å². The van der Waals surface area contributed by atoms with Crippen LogP contribution in [0.25, 0.3) is 0 Å². The van der Waals surface area contributed by atoms with Gasteiger partial charge in [0.25, 0.3) is 0 Å². The third-order valence-electron chi connectivity index (χ3n) is 5.40. The Balaban J connectivity index is 1.56. The molecule has 0 aromatic heterocycles. The summed E-state index contributed by atoms with van der Waals surface area (Å²) in [4.78, 5) is 13.8. The van der Waals surface area contributed by atoms with E-state index >= 15 is 0 Å². The highest BCUT2D eigenvalue weighted by molar-refractivity contribution is 5.79. The lowest BCUT2D eigenvalue weighted by molar-refractivity contribution is -0.184. The Morgan fingerprint density at radius 2 is 2.00 bits per heavy atom. The molecule has 4 fully saturated rings. The minimum Gasteiger partial charge on any atom is -0.354 e. The predicted octanol–water partition coefficient (Wildman–Crippen LogP) is 0.327. The van der Waals surface area contributed by atoms with Crippen LogP contribution in [-0.4, -0.2) is 68.3 Å². The molecule has 4 unspecified atom stereocenters. The predicted molar refractivity (Wildman–Crippen MR) is 79.9 cm³/mol. The number of piperidine rings is 2. The van der Waals surface area contributed by atoms with Crippen molar-refractivity contribution in [2.45, 2.75) is 37.5 Å². The topological polar surface area (TPSA) is 56.4 Å². The SMILES string of the molecule is O=C(NCC(N1CCNCC1)C(F)(F)F)C1CC2CCC1NC2. The van der Waals surface area contributed by atoms with Gasteiger partial charge in [0.2, 0.25) is 5.91 Å². The standard InChI is InChI=1S/C15H25F3N4O/c16-15(17,18)13(22-5-3-19-4-6-22)9-21-14(23)11-7-10-1-2-12(11)20-8-10/h10-13,19-20H,1-9H2,(H,21,23). The summed E-state index contributed by atoms with van der Waals surface area (Å²) in [5.41, 5.74) is 0. The van der Waals surface area contributed by atoms with E-state index in [0.29, 0.717) is 32.1 Å². The van der Waals surface area contributed by atoms with Crippen molar-refractivity contribution in [3.05, 3.63) is 0 Å². The second-order valence-corrected chi connectivity index (χ2v) is 6.89. The molecule has 1 amide bonds. The van der Waals surface area contributed by atoms with E-state index in [0.717, 1.165) is 25.8 Å². The minimum atomic E-state index is -4.32. The Morgan fingerprint density at radius 1 is 1.26 bits per heavy atom. The van der Waals surface area contributed by atoms with Gasteiger partial charge in [-0.3, -0.25) is 9.69 Å². The second kappa shape index (κ2) is 6.94. The van der Waals surface area contributed by atoms with Crippen LogP contribution >= 0.6 is 0 Å². The average Bonchev–Trinajstić information content (AvgIpc) is 2.55. The lowest BCUT2D eigenvalue weighted by atomic mass is 9.73. The number of nitrogens with zero attached hydrogens (tertiary/aromatic N) is 1. The van der Waals surface area contributed by atoms with Crippen molar-refractivity contribution >= 4 is 5.91 Å². The first-order chi connectivity index (χ1) is 10.9. The third-order valence-corrected chi connectivity index (χ3v) is 5.40. The monoisotopic (exact) mass is 334 g/mol. The number of hydrogen-bond donors (Lipinski definition) is 3. The fourth-order valence-corrected chi connectivity index (χ4v) is 4.07. The van der Waals surface area contributed by atoms with Crippen LogP contribution in [0.4, 0.5) is 13.2 Å². The Kier molecular flexibility index (Phi) is 5.13. The lowest BCUT2D eigenvalue weighted by Gasteiger charge is -2.42. The average molecular weight is 334 g/mol. The van der Waals surface area contributed by atoms with Crippen LogP contribution < -0.4 is 16.0 Å². The molecular formula is C15H25F3N4O. The van der Waals surface area contributed by atoms with Crippen molar-refractivity contribution in [3.8, 4) is 0 Å². The van der Waals surface area contributed by atoms with Gasteiger partial charge in [0.1, 0.15) is 6.04 Å². The summed E-state index contributed by atoms with van der Waals surface area (Å²) in [5, 5.41) is 8.96. The van der Waals surface area contributed by atoms with Gasteiger partial charge >= 0.3 is 6.18 Å². The summed E-state index contributed by atoms with van der Waals surface area (Å²) in [5.74, 6) is 0.0815. The van der Waals surface area contributed by atoms with Gasteiger partial charge < -0.3 is 16.0 Å². The molecule has 0 aromatic carbocycles. The number of halogens is 3. The molecule has 4 atom stereocenters. The highest BCUT2D eigenvalue weighted by Crippen LogP contribution is 2.34. The van der Waals surface area contributed by atoms with Crippen LogP contribution in [0.5, 0.6) is 0 Å². The Morgan fingerprint density at radius 3 is 2.52 bits per heavy atom. The van der Waals surface area contributed by atoms with Gasteiger partial charge in [-0.15, -0.1) is 0 Å². The van der Waals surface area contributed by atoms with E-state index < -0.39 is 12.2 Å². The van der Waals surface area contributed by atoms with Crippen LogP contribution in [0, 0.1) is 11.8 Å². The van der Waals surface area contributed by atoms with Crippen molar-refractivity contribution in [2.75, 3.05) is 39.3 Å². The van der Waals surface area contributed by atoms with Gasteiger partial charge in [-0.2, -0.15) is 13.2 Å². The molecule has 2 bridgehead atoms. The van der Waals surface area contributed by atoms with E-state index in [1.54, 1.807) is 0 Å². The number of piperazine rings is 1. The fourth-order valence-electron chi connectivity index (χ4n) is 4.07. The molecule has 4 aliphatic rings. The van der Waals surface area contributed by atoms with Gasteiger partial charge in [0, 0.05) is 38.8 Å². The molecule has 23 heavy (non-hydrogen) atoms. The molecule has 1 saturated carbocycles. The van der Waals surface area contributed by atoms with Crippen molar-refractivity contribution in [2.24, 2.45) is 11.8 Å². The summed E-state index contributed by atoms with van der Waals surface area (Å²) >= 11 is 0. The number of rotatable bonds is 4. The Labute approximate surface area is 134 Å².